The maximum atomic E-state index is 5.70. The second-order valence-corrected chi connectivity index (χ2v) is 4.20. The third kappa shape index (κ3) is 4.67. The zero-order valence-corrected chi connectivity index (χ0v) is 10.6. The Bertz CT molecular complexity index is 295. The van der Waals surface area contributed by atoms with E-state index in [2.05, 4.69) is 31.3 Å². The van der Waals surface area contributed by atoms with Crippen LogP contribution in [0.25, 0.3) is 0 Å². The molecule has 1 unspecified atom stereocenters. The van der Waals surface area contributed by atoms with E-state index in [1.165, 1.54) is 18.4 Å². The summed E-state index contributed by atoms with van der Waals surface area (Å²) in [7, 11) is 2.02. The lowest BCUT2D eigenvalue weighted by Gasteiger charge is -2.13. The van der Waals surface area contributed by atoms with Gasteiger partial charge in [-0.15, -0.1) is 0 Å². The number of rotatable bonds is 7. The van der Waals surface area contributed by atoms with E-state index < -0.39 is 0 Å². The molecule has 0 amide bonds. The zero-order valence-electron chi connectivity index (χ0n) is 10.6. The van der Waals surface area contributed by atoms with E-state index in [4.69, 9.17) is 4.74 Å². The van der Waals surface area contributed by atoms with Gasteiger partial charge in [0.15, 0.2) is 0 Å². The van der Waals surface area contributed by atoms with Crippen molar-refractivity contribution in [2.75, 3.05) is 13.7 Å². The van der Waals surface area contributed by atoms with E-state index in [9.17, 15) is 0 Å². The highest BCUT2D eigenvalue weighted by molar-refractivity contribution is 5.27. The Morgan fingerprint density at radius 2 is 2.19 bits per heavy atom. The van der Waals surface area contributed by atoms with Gasteiger partial charge in [0, 0.05) is 6.04 Å². The fraction of sp³-hybridized carbons (Fsp3) is 0.571. The van der Waals surface area contributed by atoms with Crippen LogP contribution in [-0.4, -0.2) is 19.7 Å². The molecule has 0 bridgehead atoms. The summed E-state index contributed by atoms with van der Waals surface area (Å²) >= 11 is 0. The standard InChI is InChI=1S/C14H23NO/c1-4-13(15-3)8-6-10-16-14-9-5-7-12(2)11-14/h5,7,9,11,13,15H,4,6,8,10H2,1-3H3. The molecule has 0 aliphatic carbocycles. The van der Waals surface area contributed by atoms with Crippen LogP contribution in [0.1, 0.15) is 31.7 Å². The molecule has 0 saturated heterocycles. The highest BCUT2D eigenvalue weighted by Gasteiger charge is 2.02. The quantitative estimate of drug-likeness (QED) is 0.714. The Kier molecular flexibility index (Phi) is 5.94. The van der Waals surface area contributed by atoms with Crippen molar-refractivity contribution in [3.8, 4) is 5.75 Å². The van der Waals surface area contributed by atoms with Gasteiger partial charge in [-0.3, -0.25) is 0 Å². The van der Waals surface area contributed by atoms with Crippen molar-refractivity contribution in [3.63, 3.8) is 0 Å². The minimum atomic E-state index is 0.626. The summed E-state index contributed by atoms with van der Waals surface area (Å²) in [6, 6.07) is 8.84. The number of ether oxygens (including phenoxy) is 1. The lowest BCUT2D eigenvalue weighted by atomic mass is 10.1. The van der Waals surface area contributed by atoms with Gasteiger partial charge in [-0.25, -0.2) is 0 Å². The van der Waals surface area contributed by atoms with Crippen LogP contribution in [0.4, 0.5) is 0 Å². The molecule has 0 spiro atoms. The first-order valence-corrected chi connectivity index (χ1v) is 6.13. The number of aryl methyl sites for hydroxylation is 1. The van der Waals surface area contributed by atoms with E-state index in [-0.39, 0.29) is 0 Å². The Morgan fingerprint density at radius 1 is 1.38 bits per heavy atom. The average molecular weight is 221 g/mol. The number of hydrogen-bond donors (Lipinski definition) is 1. The Morgan fingerprint density at radius 3 is 2.81 bits per heavy atom. The SMILES string of the molecule is CCC(CCCOc1cccc(C)c1)NC. The smallest absolute Gasteiger partial charge is 0.119 e. The number of benzene rings is 1. The molecule has 1 aromatic rings. The summed E-state index contributed by atoms with van der Waals surface area (Å²) < 4.78 is 5.70. The predicted molar refractivity (Wildman–Crippen MR) is 69.0 cm³/mol. The van der Waals surface area contributed by atoms with E-state index in [0.717, 1.165) is 18.8 Å². The average Bonchev–Trinajstić information content (AvgIpc) is 2.29. The fourth-order valence-corrected chi connectivity index (χ4v) is 1.78. The molecule has 0 saturated carbocycles. The van der Waals surface area contributed by atoms with Crippen LogP contribution in [0.2, 0.25) is 0 Å². The molecule has 0 heterocycles. The zero-order chi connectivity index (χ0) is 11.8. The van der Waals surface area contributed by atoms with E-state index >= 15 is 0 Å². The van der Waals surface area contributed by atoms with E-state index in [1.54, 1.807) is 0 Å². The Balaban J connectivity index is 2.20. The second kappa shape index (κ2) is 7.29. The summed E-state index contributed by atoms with van der Waals surface area (Å²) in [6.45, 7) is 5.10. The van der Waals surface area contributed by atoms with Crippen LogP contribution >= 0.6 is 0 Å². The number of nitrogens with one attached hydrogen (secondary N) is 1. The molecular weight excluding hydrogens is 198 g/mol. The van der Waals surface area contributed by atoms with Gasteiger partial charge in [0.05, 0.1) is 6.61 Å². The molecular formula is C14H23NO. The Hall–Kier alpha value is -1.02. The van der Waals surface area contributed by atoms with Crippen LogP contribution in [0, 0.1) is 6.92 Å². The molecule has 0 aliphatic heterocycles. The molecule has 16 heavy (non-hydrogen) atoms. The van der Waals surface area contributed by atoms with Crippen molar-refractivity contribution in [2.24, 2.45) is 0 Å². The highest BCUT2D eigenvalue weighted by Crippen LogP contribution is 2.13. The summed E-state index contributed by atoms with van der Waals surface area (Å²) in [5, 5.41) is 3.30. The van der Waals surface area contributed by atoms with Crippen molar-refractivity contribution in [3.05, 3.63) is 29.8 Å². The molecule has 0 aromatic heterocycles. The van der Waals surface area contributed by atoms with Crippen molar-refractivity contribution >= 4 is 0 Å². The molecule has 1 N–H and O–H groups in total. The molecule has 1 aromatic carbocycles. The maximum Gasteiger partial charge on any atom is 0.119 e. The highest BCUT2D eigenvalue weighted by atomic mass is 16.5. The monoisotopic (exact) mass is 221 g/mol. The molecule has 1 rings (SSSR count). The summed E-state index contributed by atoms with van der Waals surface area (Å²) in [4.78, 5) is 0. The topological polar surface area (TPSA) is 21.3 Å². The van der Waals surface area contributed by atoms with Crippen LogP contribution < -0.4 is 10.1 Å². The number of hydrogen-bond acceptors (Lipinski definition) is 2. The summed E-state index contributed by atoms with van der Waals surface area (Å²) in [6.07, 6.45) is 3.47. The first kappa shape index (κ1) is 13.0. The van der Waals surface area contributed by atoms with Gasteiger partial charge in [0.25, 0.3) is 0 Å². The minimum absolute atomic E-state index is 0.626. The van der Waals surface area contributed by atoms with Gasteiger partial charge in [0.2, 0.25) is 0 Å². The molecule has 2 heteroatoms. The van der Waals surface area contributed by atoms with Crippen LogP contribution in [0.5, 0.6) is 5.75 Å². The normalized spacial score (nSPS) is 12.4. The van der Waals surface area contributed by atoms with Gasteiger partial charge in [-0.05, 0) is 50.9 Å². The molecule has 0 aliphatic rings. The molecule has 90 valence electrons. The first-order chi connectivity index (χ1) is 7.76. The summed E-state index contributed by atoms with van der Waals surface area (Å²) in [5.41, 5.74) is 1.25. The van der Waals surface area contributed by atoms with Crippen LogP contribution in [0.3, 0.4) is 0 Å². The second-order valence-electron chi connectivity index (χ2n) is 4.20. The molecule has 1 atom stereocenters. The van der Waals surface area contributed by atoms with Gasteiger partial charge < -0.3 is 10.1 Å². The van der Waals surface area contributed by atoms with Crippen molar-refractivity contribution < 1.29 is 4.74 Å². The van der Waals surface area contributed by atoms with Gasteiger partial charge in [-0.1, -0.05) is 19.1 Å². The van der Waals surface area contributed by atoms with Crippen molar-refractivity contribution in [1.82, 2.24) is 5.32 Å². The van der Waals surface area contributed by atoms with Crippen molar-refractivity contribution in [2.45, 2.75) is 39.2 Å². The predicted octanol–water partition coefficient (Wildman–Crippen LogP) is 3.15. The third-order valence-electron chi connectivity index (χ3n) is 2.86. The fourth-order valence-electron chi connectivity index (χ4n) is 1.78. The first-order valence-electron chi connectivity index (χ1n) is 6.13. The third-order valence-corrected chi connectivity index (χ3v) is 2.86. The van der Waals surface area contributed by atoms with Crippen molar-refractivity contribution in [1.29, 1.82) is 0 Å². The largest absolute Gasteiger partial charge is 0.494 e. The van der Waals surface area contributed by atoms with E-state index in [1.807, 2.05) is 19.2 Å². The van der Waals surface area contributed by atoms with E-state index in [0.29, 0.717) is 6.04 Å². The van der Waals surface area contributed by atoms with Gasteiger partial charge >= 0.3 is 0 Å². The van der Waals surface area contributed by atoms with Crippen LogP contribution in [0.15, 0.2) is 24.3 Å². The van der Waals surface area contributed by atoms with Crippen LogP contribution in [-0.2, 0) is 0 Å². The maximum absolute atomic E-state index is 5.70. The molecule has 2 nitrogen and oxygen atoms in total. The molecule has 0 radical (unpaired) electrons. The minimum Gasteiger partial charge on any atom is -0.494 e. The molecule has 0 fully saturated rings. The summed E-state index contributed by atoms with van der Waals surface area (Å²) in [5.74, 6) is 0.984. The van der Waals surface area contributed by atoms with Gasteiger partial charge in [-0.2, -0.15) is 0 Å². The Labute approximate surface area is 99.0 Å². The van der Waals surface area contributed by atoms with Gasteiger partial charge in [0.1, 0.15) is 5.75 Å². The lowest BCUT2D eigenvalue weighted by Crippen LogP contribution is -2.24. The lowest BCUT2D eigenvalue weighted by molar-refractivity contribution is 0.296.